The van der Waals surface area contributed by atoms with Gasteiger partial charge in [-0.25, -0.2) is 19.0 Å². The molecule has 1 saturated heterocycles. The Morgan fingerprint density at radius 2 is 2.03 bits per heavy atom. The van der Waals surface area contributed by atoms with Crippen LogP contribution in [0.5, 0.6) is 0 Å². The average Bonchev–Trinajstić information content (AvgIpc) is 3.41. The highest BCUT2D eigenvalue weighted by molar-refractivity contribution is 5.88. The van der Waals surface area contributed by atoms with Crippen molar-refractivity contribution in [1.82, 2.24) is 24.7 Å². The van der Waals surface area contributed by atoms with E-state index in [9.17, 15) is 5.11 Å². The van der Waals surface area contributed by atoms with Crippen LogP contribution in [0.2, 0.25) is 0 Å². The summed E-state index contributed by atoms with van der Waals surface area (Å²) in [6, 6.07) is 9.80. The van der Waals surface area contributed by atoms with Gasteiger partial charge in [0.15, 0.2) is 17.3 Å². The highest BCUT2D eigenvalue weighted by Crippen LogP contribution is 2.32. The number of morpholine rings is 1. The van der Waals surface area contributed by atoms with Crippen molar-refractivity contribution in [3.63, 3.8) is 0 Å². The largest absolute Gasteiger partial charge is 0.388 e. The lowest BCUT2D eigenvalue weighted by atomic mass is 10.1. The Morgan fingerprint density at radius 3 is 2.80 bits per heavy atom. The van der Waals surface area contributed by atoms with Gasteiger partial charge in [0.1, 0.15) is 23.6 Å². The number of aromatic amines is 1. The van der Waals surface area contributed by atoms with Gasteiger partial charge in [0.2, 0.25) is 0 Å². The van der Waals surface area contributed by atoms with Crippen molar-refractivity contribution in [2.24, 2.45) is 0 Å². The van der Waals surface area contributed by atoms with E-state index in [1.165, 1.54) is 4.68 Å². The quantitative estimate of drug-likeness (QED) is 0.539. The maximum Gasteiger partial charge on any atom is 0.194 e. The molecule has 3 aromatic heterocycles. The summed E-state index contributed by atoms with van der Waals surface area (Å²) in [6.07, 6.45) is 1.69. The summed E-state index contributed by atoms with van der Waals surface area (Å²) >= 11 is 0. The standard InChI is InChI=1S/C21H21FN6O2/c1-13-3-2-4-14(11-13)15-5-6-28(26-15)21-17(22)19(27-7-9-30-10-8-27)18-20(25-21)24-16(12-29)23-18/h2-6,11,29H,7-10,12H2,1H3,(H,23,24,25). The van der Waals surface area contributed by atoms with Crippen molar-refractivity contribution < 1.29 is 14.2 Å². The van der Waals surface area contributed by atoms with E-state index in [0.717, 1.165) is 16.8 Å². The Morgan fingerprint density at radius 1 is 1.20 bits per heavy atom. The Kier molecular flexibility index (Phi) is 4.68. The average molecular weight is 408 g/mol. The van der Waals surface area contributed by atoms with Gasteiger partial charge in [-0.1, -0.05) is 23.8 Å². The highest BCUT2D eigenvalue weighted by atomic mass is 19.1. The van der Waals surface area contributed by atoms with E-state index >= 15 is 4.39 Å². The molecule has 0 saturated carbocycles. The Balaban J connectivity index is 1.65. The zero-order valence-corrected chi connectivity index (χ0v) is 16.5. The zero-order valence-electron chi connectivity index (χ0n) is 16.5. The minimum absolute atomic E-state index is 0.0684. The maximum absolute atomic E-state index is 15.7. The lowest BCUT2D eigenvalue weighted by molar-refractivity contribution is 0.122. The number of rotatable bonds is 4. The molecule has 4 aromatic rings. The summed E-state index contributed by atoms with van der Waals surface area (Å²) in [5.74, 6) is -0.0835. The van der Waals surface area contributed by atoms with Crippen LogP contribution in [0.15, 0.2) is 36.5 Å². The molecule has 0 amide bonds. The third kappa shape index (κ3) is 3.21. The number of aliphatic hydroxyl groups excluding tert-OH is 1. The van der Waals surface area contributed by atoms with Gasteiger partial charge >= 0.3 is 0 Å². The SMILES string of the molecule is Cc1cccc(-c2ccn(-c3nc4nc(CO)[nH]c4c(N4CCOCC4)c3F)n2)c1. The number of pyridine rings is 1. The van der Waals surface area contributed by atoms with Crippen molar-refractivity contribution in [1.29, 1.82) is 0 Å². The van der Waals surface area contributed by atoms with Gasteiger partial charge in [0.05, 0.1) is 18.9 Å². The Labute approximate surface area is 171 Å². The molecule has 9 heteroatoms. The predicted molar refractivity (Wildman–Crippen MR) is 110 cm³/mol. The summed E-state index contributed by atoms with van der Waals surface area (Å²) in [5, 5.41) is 14.0. The number of aryl methyl sites for hydroxylation is 1. The van der Waals surface area contributed by atoms with Crippen LogP contribution in [0.3, 0.4) is 0 Å². The molecule has 4 heterocycles. The van der Waals surface area contributed by atoms with Crippen LogP contribution in [0, 0.1) is 12.7 Å². The first-order valence-electron chi connectivity index (χ1n) is 9.79. The molecular formula is C21H21FN6O2. The highest BCUT2D eigenvalue weighted by Gasteiger charge is 2.25. The van der Waals surface area contributed by atoms with Gasteiger partial charge in [0.25, 0.3) is 0 Å². The maximum atomic E-state index is 15.7. The Hall–Kier alpha value is -3.30. The molecule has 0 radical (unpaired) electrons. The molecule has 0 spiro atoms. The first kappa shape index (κ1) is 18.7. The minimum atomic E-state index is -0.489. The number of fused-ring (bicyclic) bond motifs is 1. The lowest BCUT2D eigenvalue weighted by Gasteiger charge is -2.29. The summed E-state index contributed by atoms with van der Waals surface area (Å²) < 4.78 is 22.6. The summed E-state index contributed by atoms with van der Waals surface area (Å²) in [4.78, 5) is 13.6. The second-order valence-corrected chi connectivity index (χ2v) is 7.25. The number of hydrogen-bond acceptors (Lipinski definition) is 6. The van der Waals surface area contributed by atoms with E-state index < -0.39 is 5.82 Å². The molecule has 5 rings (SSSR count). The van der Waals surface area contributed by atoms with Gasteiger partial charge in [-0.05, 0) is 19.1 Å². The molecule has 30 heavy (non-hydrogen) atoms. The van der Waals surface area contributed by atoms with Crippen molar-refractivity contribution in [3.05, 3.63) is 53.7 Å². The monoisotopic (exact) mass is 408 g/mol. The van der Waals surface area contributed by atoms with E-state index in [0.29, 0.717) is 49.0 Å². The second kappa shape index (κ2) is 7.51. The van der Waals surface area contributed by atoms with Crippen molar-refractivity contribution >= 4 is 16.9 Å². The van der Waals surface area contributed by atoms with Gasteiger partial charge in [-0.2, -0.15) is 5.10 Å². The van der Waals surface area contributed by atoms with Crippen LogP contribution in [0.1, 0.15) is 11.4 Å². The van der Waals surface area contributed by atoms with Crippen molar-refractivity contribution in [3.8, 4) is 17.1 Å². The van der Waals surface area contributed by atoms with E-state index in [4.69, 9.17) is 4.74 Å². The number of nitrogens with zero attached hydrogens (tertiary/aromatic N) is 5. The van der Waals surface area contributed by atoms with Gasteiger partial charge in [-0.3, -0.25) is 0 Å². The molecule has 0 unspecified atom stereocenters. The number of imidazole rings is 1. The number of halogens is 1. The van der Waals surface area contributed by atoms with Crippen molar-refractivity contribution in [2.75, 3.05) is 31.2 Å². The summed E-state index contributed by atoms with van der Waals surface area (Å²) in [6.45, 7) is 3.86. The van der Waals surface area contributed by atoms with Gasteiger partial charge < -0.3 is 19.7 Å². The number of H-pyrrole nitrogens is 1. The molecule has 8 nitrogen and oxygen atoms in total. The van der Waals surface area contributed by atoms with Crippen molar-refractivity contribution in [2.45, 2.75) is 13.5 Å². The molecule has 154 valence electrons. The normalized spacial score (nSPS) is 14.6. The van der Waals surface area contributed by atoms with Crippen LogP contribution in [-0.4, -0.2) is 56.1 Å². The molecule has 1 aromatic carbocycles. The first-order valence-corrected chi connectivity index (χ1v) is 9.79. The molecule has 0 aliphatic carbocycles. The third-order valence-corrected chi connectivity index (χ3v) is 5.18. The van der Waals surface area contributed by atoms with E-state index in [-0.39, 0.29) is 12.4 Å². The molecule has 2 N–H and O–H groups in total. The fourth-order valence-electron chi connectivity index (χ4n) is 3.73. The predicted octanol–water partition coefficient (Wildman–Crippen LogP) is 2.59. The van der Waals surface area contributed by atoms with Crippen LogP contribution < -0.4 is 4.90 Å². The molecule has 1 aliphatic rings. The number of aliphatic hydroxyl groups is 1. The fraction of sp³-hybridized carbons (Fsp3) is 0.286. The van der Waals surface area contributed by atoms with Gasteiger partial charge in [0, 0.05) is 24.8 Å². The molecule has 0 bridgehead atoms. The molecular weight excluding hydrogens is 387 g/mol. The lowest BCUT2D eigenvalue weighted by Crippen LogP contribution is -2.37. The van der Waals surface area contributed by atoms with Crippen LogP contribution >= 0.6 is 0 Å². The first-order chi connectivity index (χ1) is 14.6. The number of hydrogen-bond donors (Lipinski definition) is 2. The zero-order chi connectivity index (χ0) is 20.7. The van der Waals surface area contributed by atoms with Gasteiger partial charge in [-0.15, -0.1) is 0 Å². The topological polar surface area (TPSA) is 92.1 Å². The smallest absolute Gasteiger partial charge is 0.194 e. The number of nitrogens with one attached hydrogen (secondary N) is 1. The fourth-order valence-corrected chi connectivity index (χ4v) is 3.73. The number of aromatic nitrogens is 5. The molecule has 1 aliphatic heterocycles. The number of benzene rings is 1. The van der Waals surface area contributed by atoms with E-state index in [1.807, 2.05) is 42.2 Å². The minimum Gasteiger partial charge on any atom is -0.388 e. The summed E-state index contributed by atoms with van der Waals surface area (Å²) in [5.41, 5.74) is 3.98. The van der Waals surface area contributed by atoms with Crippen LogP contribution in [-0.2, 0) is 11.3 Å². The van der Waals surface area contributed by atoms with E-state index in [1.54, 1.807) is 6.20 Å². The molecule has 1 fully saturated rings. The summed E-state index contributed by atoms with van der Waals surface area (Å²) in [7, 11) is 0. The number of ether oxygens (including phenoxy) is 1. The number of anilines is 1. The molecule has 0 atom stereocenters. The van der Waals surface area contributed by atoms with E-state index in [2.05, 4.69) is 20.1 Å². The van der Waals surface area contributed by atoms with Crippen LogP contribution in [0.25, 0.3) is 28.2 Å². The second-order valence-electron chi connectivity index (χ2n) is 7.25. The van der Waals surface area contributed by atoms with Crippen LogP contribution in [0.4, 0.5) is 10.1 Å². The third-order valence-electron chi connectivity index (χ3n) is 5.18. The Bertz CT molecular complexity index is 1210.